The molecule has 1 aliphatic heterocycles. The smallest absolute Gasteiger partial charge is 0.223 e. The zero-order chi connectivity index (χ0) is 15.7. The van der Waals surface area contributed by atoms with Gasteiger partial charge >= 0.3 is 0 Å². The zero-order valence-corrected chi connectivity index (χ0v) is 13.9. The lowest BCUT2D eigenvalue weighted by atomic mass is 9.89. The molecule has 2 aliphatic rings. The van der Waals surface area contributed by atoms with Crippen LogP contribution in [-0.4, -0.2) is 35.6 Å². The van der Waals surface area contributed by atoms with Gasteiger partial charge in [0.25, 0.3) is 0 Å². The number of hydrogen-bond donors (Lipinski definition) is 0. The maximum Gasteiger partial charge on any atom is 0.223 e. The Morgan fingerprint density at radius 3 is 2.64 bits per heavy atom. The van der Waals surface area contributed by atoms with E-state index in [2.05, 4.69) is 38.1 Å². The number of hydrogen-bond acceptors (Lipinski definition) is 2. The Balaban J connectivity index is 1.74. The highest BCUT2D eigenvalue weighted by atomic mass is 16.5. The highest BCUT2D eigenvalue weighted by molar-refractivity contribution is 5.78. The predicted molar refractivity (Wildman–Crippen MR) is 87.7 cm³/mol. The van der Waals surface area contributed by atoms with Gasteiger partial charge in [-0.2, -0.15) is 0 Å². The van der Waals surface area contributed by atoms with Crippen molar-refractivity contribution in [1.29, 1.82) is 0 Å². The van der Waals surface area contributed by atoms with Crippen molar-refractivity contribution in [1.82, 2.24) is 4.90 Å². The maximum absolute atomic E-state index is 12.9. The molecule has 2 atom stereocenters. The molecule has 1 heterocycles. The van der Waals surface area contributed by atoms with Crippen LogP contribution in [0.25, 0.3) is 0 Å². The van der Waals surface area contributed by atoms with E-state index in [0.29, 0.717) is 31.4 Å². The Kier molecular flexibility index (Phi) is 4.26. The van der Waals surface area contributed by atoms with Gasteiger partial charge in [-0.05, 0) is 51.0 Å². The summed E-state index contributed by atoms with van der Waals surface area (Å²) in [6.07, 6.45) is 3.28. The molecule has 120 valence electrons. The van der Waals surface area contributed by atoms with Crippen LogP contribution in [-0.2, 0) is 9.53 Å². The Labute approximate surface area is 133 Å². The van der Waals surface area contributed by atoms with E-state index in [4.69, 9.17) is 4.74 Å². The summed E-state index contributed by atoms with van der Waals surface area (Å²) >= 11 is 0. The van der Waals surface area contributed by atoms with E-state index in [-0.39, 0.29) is 17.6 Å². The summed E-state index contributed by atoms with van der Waals surface area (Å²) in [5, 5.41) is 0. The third-order valence-corrected chi connectivity index (χ3v) is 5.01. The number of ether oxygens (including phenoxy) is 1. The van der Waals surface area contributed by atoms with Crippen molar-refractivity contribution in [3.63, 3.8) is 0 Å². The Bertz CT molecular complexity index is 521. The first-order valence-electron chi connectivity index (χ1n) is 8.44. The van der Waals surface area contributed by atoms with E-state index >= 15 is 0 Å². The van der Waals surface area contributed by atoms with Crippen molar-refractivity contribution in [3.8, 4) is 0 Å². The molecule has 3 rings (SSSR count). The molecule has 0 radical (unpaired) electrons. The first kappa shape index (κ1) is 15.5. The quantitative estimate of drug-likeness (QED) is 0.850. The van der Waals surface area contributed by atoms with Crippen molar-refractivity contribution >= 4 is 5.91 Å². The molecule has 1 saturated carbocycles. The van der Waals surface area contributed by atoms with Crippen LogP contribution in [0.2, 0.25) is 0 Å². The molecular weight excluding hydrogens is 274 g/mol. The minimum atomic E-state index is -0.200. The second-order valence-corrected chi connectivity index (χ2v) is 7.50. The molecule has 3 heteroatoms. The van der Waals surface area contributed by atoms with Crippen LogP contribution >= 0.6 is 0 Å². The minimum Gasteiger partial charge on any atom is -0.374 e. The van der Waals surface area contributed by atoms with Crippen molar-refractivity contribution < 1.29 is 9.53 Å². The summed E-state index contributed by atoms with van der Waals surface area (Å²) in [5.41, 5.74) is 1.12. The summed E-state index contributed by atoms with van der Waals surface area (Å²) in [5.74, 6) is 1.34. The average Bonchev–Trinajstić information content (AvgIpc) is 3.32. The van der Waals surface area contributed by atoms with Crippen LogP contribution < -0.4 is 0 Å². The van der Waals surface area contributed by atoms with E-state index in [1.165, 1.54) is 18.4 Å². The number of rotatable bonds is 4. The lowest BCUT2D eigenvalue weighted by molar-refractivity contribution is -0.153. The van der Waals surface area contributed by atoms with Crippen LogP contribution in [0.5, 0.6) is 0 Å². The lowest BCUT2D eigenvalue weighted by Gasteiger charge is -2.45. The first-order valence-corrected chi connectivity index (χ1v) is 8.44. The third-order valence-electron chi connectivity index (χ3n) is 5.01. The lowest BCUT2D eigenvalue weighted by Crippen LogP contribution is -2.58. The van der Waals surface area contributed by atoms with Gasteiger partial charge in [0.05, 0.1) is 18.2 Å². The molecule has 1 aliphatic carbocycles. The fraction of sp³-hybridized carbons (Fsp3) is 0.632. The van der Waals surface area contributed by atoms with Crippen molar-refractivity contribution in [3.05, 3.63) is 35.9 Å². The maximum atomic E-state index is 12.9. The summed E-state index contributed by atoms with van der Waals surface area (Å²) in [6.45, 7) is 7.58. The van der Waals surface area contributed by atoms with Gasteiger partial charge in [-0.1, -0.05) is 30.3 Å². The Hall–Kier alpha value is -1.35. The van der Waals surface area contributed by atoms with Gasteiger partial charge in [-0.3, -0.25) is 4.79 Å². The van der Waals surface area contributed by atoms with Gasteiger partial charge in [0.15, 0.2) is 0 Å². The third kappa shape index (κ3) is 3.35. The van der Waals surface area contributed by atoms with Crippen molar-refractivity contribution in [2.45, 2.75) is 57.6 Å². The average molecular weight is 301 g/mol. The number of nitrogens with zero attached hydrogens (tertiary/aromatic N) is 1. The number of amides is 1. The van der Waals surface area contributed by atoms with E-state index in [9.17, 15) is 4.79 Å². The molecule has 2 fully saturated rings. The van der Waals surface area contributed by atoms with E-state index < -0.39 is 0 Å². The molecule has 0 bridgehead atoms. The van der Waals surface area contributed by atoms with Crippen molar-refractivity contribution in [2.75, 3.05) is 13.2 Å². The second-order valence-electron chi connectivity index (χ2n) is 7.50. The molecule has 22 heavy (non-hydrogen) atoms. The number of carbonyl (C=O) groups excluding carboxylic acids is 1. The molecule has 1 amide bonds. The molecule has 1 saturated heterocycles. The largest absolute Gasteiger partial charge is 0.374 e. The normalized spacial score (nSPS) is 25.8. The van der Waals surface area contributed by atoms with Crippen LogP contribution in [0.3, 0.4) is 0 Å². The molecule has 2 unspecified atom stereocenters. The Morgan fingerprint density at radius 2 is 2.00 bits per heavy atom. The van der Waals surface area contributed by atoms with Crippen molar-refractivity contribution in [2.24, 2.45) is 5.92 Å². The summed E-state index contributed by atoms with van der Waals surface area (Å²) in [4.78, 5) is 15.0. The van der Waals surface area contributed by atoms with Gasteiger partial charge in [0.1, 0.15) is 0 Å². The van der Waals surface area contributed by atoms with Gasteiger partial charge in [-0.15, -0.1) is 0 Å². The molecule has 1 aromatic rings. The SMILES string of the molecule is CC1CN(C(=O)CC(c2ccccc2)C2CC2)C(C)(C)CO1. The van der Waals surface area contributed by atoms with Crippen LogP contribution in [0.15, 0.2) is 30.3 Å². The molecule has 0 spiro atoms. The highest BCUT2D eigenvalue weighted by Gasteiger charge is 2.40. The highest BCUT2D eigenvalue weighted by Crippen LogP contribution is 2.45. The minimum absolute atomic E-state index is 0.132. The van der Waals surface area contributed by atoms with Crippen LogP contribution in [0.1, 0.15) is 51.5 Å². The molecule has 1 aromatic carbocycles. The van der Waals surface area contributed by atoms with Gasteiger partial charge in [0, 0.05) is 13.0 Å². The standard InChI is InChI=1S/C19H27NO2/c1-14-12-20(19(2,3)13-22-14)18(21)11-17(16-9-10-16)15-7-5-4-6-8-15/h4-8,14,16-17H,9-13H2,1-3H3. The summed E-state index contributed by atoms with van der Waals surface area (Å²) < 4.78 is 5.73. The fourth-order valence-electron chi connectivity index (χ4n) is 3.47. The van der Waals surface area contributed by atoms with Crippen LogP contribution in [0.4, 0.5) is 0 Å². The zero-order valence-electron chi connectivity index (χ0n) is 13.9. The summed E-state index contributed by atoms with van der Waals surface area (Å²) in [6, 6.07) is 10.5. The molecular formula is C19H27NO2. The molecule has 0 N–H and O–H groups in total. The molecule has 0 aromatic heterocycles. The van der Waals surface area contributed by atoms with Crippen LogP contribution in [0, 0.1) is 5.92 Å². The predicted octanol–water partition coefficient (Wildman–Crippen LogP) is 3.60. The summed E-state index contributed by atoms with van der Waals surface area (Å²) in [7, 11) is 0. The topological polar surface area (TPSA) is 29.5 Å². The monoisotopic (exact) mass is 301 g/mol. The van der Waals surface area contributed by atoms with Gasteiger partial charge < -0.3 is 9.64 Å². The first-order chi connectivity index (χ1) is 10.5. The van der Waals surface area contributed by atoms with E-state index in [0.717, 1.165) is 0 Å². The van der Waals surface area contributed by atoms with E-state index in [1.54, 1.807) is 0 Å². The van der Waals surface area contributed by atoms with E-state index in [1.807, 2.05) is 17.9 Å². The fourth-order valence-corrected chi connectivity index (χ4v) is 3.47. The molecule has 3 nitrogen and oxygen atoms in total. The van der Waals surface area contributed by atoms with Gasteiger partial charge in [0.2, 0.25) is 5.91 Å². The second kappa shape index (κ2) is 6.04. The van der Waals surface area contributed by atoms with Gasteiger partial charge in [-0.25, -0.2) is 0 Å². The Morgan fingerprint density at radius 1 is 1.32 bits per heavy atom. The number of benzene rings is 1. The number of carbonyl (C=O) groups is 1. The number of morpholine rings is 1.